The normalized spacial score (nSPS) is 12.6. The second-order valence-corrected chi connectivity index (χ2v) is 6.92. The van der Waals surface area contributed by atoms with Crippen molar-refractivity contribution in [2.45, 2.75) is 6.04 Å². The Morgan fingerprint density at radius 1 is 0.833 bits per heavy atom. The lowest BCUT2D eigenvalue weighted by Crippen LogP contribution is -3.11. The molecule has 7 heteroatoms. The molecule has 3 aromatic rings. The van der Waals surface area contributed by atoms with Crippen LogP contribution in [0.3, 0.4) is 0 Å². The van der Waals surface area contributed by atoms with Crippen LogP contribution in [0.1, 0.15) is 11.6 Å². The first-order valence-corrected chi connectivity index (χ1v) is 9.41. The number of nitrogens with one attached hydrogen (secondary N) is 3. The van der Waals surface area contributed by atoms with Gasteiger partial charge in [-0.05, 0) is 42.5 Å². The van der Waals surface area contributed by atoms with Gasteiger partial charge in [0.05, 0.1) is 7.05 Å². The van der Waals surface area contributed by atoms with Gasteiger partial charge in [0.15, 0.2) is 12.6 Å². The number of hydrogen-bond donors (Lipinski definition) is 3. The highest BCUT2D eigenvalue weighted by atomic mass is 19.1. The minimum absolute atomic E-state index is 0.0209. The van der Waals surface area contributed by atoms with Gasteiger partial charge >= 0.3 is 0 Å². The first-order valence-electron chi connectivity index (χ1n) is 9.41. The number of carbonyl (C=O) groups is 2. The Kier molecular flexibility index (Phi) is 6.87. The van der Waals surface area contributed by atoms with Crippen molar-refractivity contribution in [3.63, 3.8) is 0 Å². The molecule has 0 bridgehead atoms. The molecule has 0 fully saturated rings. The number of amides is 2. The Morgan fingerprint density at radius 2 is 1.53 bits per heavy atom. The summed E-state index contributed by atoms with van der Waals surface area (Å²) in [4.78, 5) is 26.1. The minimum atomic E-state index is -0.686. The fourth-order valence-corrected chi connectivity index (χ4v) is 3.18. The zero-order chi connectivity index (χ0) is 21.5. The number of rotatable bonds is 7. The highest BCUT2D eigenvalue weighted by Gasteiger charge is 2.30. The van der Waals surface area contributed by atoms with E-state index in [1.807, 2.05) is 30.3 Å². The summed E-state index contributed by atoms with van der Waals surface area (Å²) >= 11 is 0. The van der Waals surface area contributed by atoms with Crippen molar-refractivity contribution >= 4 is 23.2 Å². The van der Waals surface area contributed by atoms with E-state index in [2.05, 4.69) is 10.6 Å². The van der Waals surface area contributed by atoms with E-state index >= 15 is 0 Å². The molecular weight excluding hydrogens is 388 g/mol. The van der Waals surface area contributed by atoms with Crippen LogP contribution in [0, 0.1) is 11.6 Å². The van der Waals surface area contributed by atoms with Gasteiger partial charge in [-0.2, -0.15) is 0 Å². The molecule has 0 aliphatic rings. The van der Waals surface area contributed by atoms with Crippen LogP contribution in [0.4, 0.5) is 20.2 Å². The molecule has 2 amide bonds. The van der Waals surface area contributed by atoms with Crippen LogP contribution in [0.15, 0.2) is 78.9 Å². The summed E-state index contributed by atoms with van der Waals surface area (Å²) in [5.41, 5.74) is 1.53. The van der Waals surface area contributed by atoms with Crippen molar-refractivity contribution in [1.82, 2.24) is 0 Å². The second kappa shape index (κ2) is 9.76. The molecule has 154 valence electrons. The number of quaternary nitrogens is 1. The molecule has 30 heavy (non-hydrogen) atoms. The topological polar surface area (TPSA) is 62.6 Å². The average molecular weight is 410 g/mol. The highest BCUT2D eigenvalue weighted by molar-refractivity contribution is 5.95. The van der Waals surface area contributed by atoms with Gasteiger partial charge in [-0.1, -0.05) is 36.4 Å². The van der Waals surface area contributed by atoms with E-state index in [4.69, 9.17) is 0 Å². The predicted octanol–water partition coefficient (Wildman–Crippen LogP) is 2.80. The third kappa shape index (κ3) is 5.71. The van der Waals surface area contributed by atoms with Crippen LogP contribution >= 0.6 is 0 Å². The Labute approximate surface area is 173 Å². The first-order chi connectivity index (χ1) is 14.4. The molecule has 0 heterocycles. The molecule has 0 aliphatic heterocycles. The van der Waals surface area contributed by atoms with Gasteiger partial charge in [-0.25, -0.2) is 8.78 Å². The molecule has 1 unspecified atom stereocenters. The van der Waals surface area contributed by atoms with Gasteiger partial charge in [-0.15, -0.1) is 0 Å². The van der Waals surface area contributed by atoms with Crippen LogP contribution in [-0.4, -0.2) is 25.4 Å². The van der Waals surface area contributed by atoms with Crippen LogP contribution in [0.2, 0.25) is 0 Å². The minimum Gasteiger partial charge on any atom is -0.321 e. The largest absolute Gasteiger partial charge is 0.321 e. The molecule has 0 saturated heterocycles. The van der Waals surface area contributed by atoms with Crippen LogP contribution in [-0.2, 0) is 9.59 Å². The number of carbonyl (C=O) groups excluding carboxylic acids is 2. The maximum atomic E-state index is 13.3. The summed E-state index contributed by atoms with van der Waals surface area (Å²) in [5, 5.41) is 5.41. The fourth-order valence-electron chi connectivity index (χ4n) is 3.18. The molecule has 3 aromatic carbocycles. The van der Waals surface area contributed by atoms with E-state index in [1.54, 1.807) is 13.1 Å². The van der Waals surface area contributed by atoms with Crippen molar-refractivity contribution in [3.8, 4) is 0 Å². The van der Waals surface area contributed by atoms with E-state index in [0.29, 0.717) is 16.3 Å². The van der Waals surface area contributed by atoms with E-state index < -0.39 is 17.7 Å². The molecule has 0 radical (unpaired) electrons. The number of likely N-dealkylation sites (N-methyl/N-ethyl adjacent to an activating group) is 1. The average Bonchev–Trinajstić information content (AvgIpc) is 2.70. The number of halogens is 2. The van der Waals surface area contributed by atoms with E-state index in [-0.39, 0.29) is 18.4 Å². The van der Waals surface area contributed by atoms with Gasteiger partial charge in [-0.3, -0.25) is 9.59 Å². The Hall–Kier alpha value is -3.58. The SMILES string of the molecule is C[NH+](CC(=O)Nc1cccc(F)c1)[C@H](C(=O)Nc1ccc(F)cc1)c1ccccc1. The number of benzene rings is 3. The zero-order valence-electron chi connectivity index (χ0n) is 16.4. The number of hydrogen-bond acceptors (Lipinski definition) is 2. The first kappa shape index (κ1) is 21.1. The third-order valence-electron chi connectivity index (χ3n) is 4.55. The molecule has 2 atom stereocenters. The second-order valence-electron chi connectivity index (χ2n) is 6.92. The van der Waals surface area contributed by atoms with Gasteiger partial charge < -0.3 is 15.5 Å². The summed E-state index contributed by atoms with van der Waals surface area (Å²) in [6.45, 7) is -0.0209. The lowest BCUT2D eigenvalue weighted by atomic mass is 10.0. The Bertz CT molecular complexity index is 1010. The third-order valence-corrected chi connectivity index (χ3v) is 4.55. The quantitative estimate of drug-likeness (QED) is 0.561. The molecule has 0 spiro atoms. The molecule has 3 N–H and O–H groups in total. The van der Waals surface area contributed by atoms with Crippen molar-refractivity contribution < 1.29 is 23.3 Å². The molecular formula is C23H22F2N3O2+. The van der Waals surface area contributed by atoms with Gasteiger partial charge in [0.1, 0.15) is 11.6 Å². The maximum absolute atomic E-state index is 13.3. The summed E-state index contributed by atoms with van der Waals surface area (Å²) in [6, 6.07) is 19.5. The lowest BCUT2D eigenvalue weighted by Gasteiger charge is -2.24. The maximum Gasteiger partial charge on any atom is 0.287 e. The summed E-state index contributed by atoms with van der Waals surface area (Å²) < 4.78 is 26.5. The van der Waals surface area contributed by atoms with Crippen LogP contribution in [0.5, 0.6) is 0 Å². The van der Waals surface area contributed by atoms with Crippen molar-refractivity contribution in [2.75, 3.05) is 24.2 Å². The summed E-state index contributed by atoms with van der Waals surface area (Å²) in [6.07, 6.45) is 0. The standard InChI is InChI=1S/C23H21F2N3O2/c1-28(15-21(29)26-20-9-5-8-18(25)14-20)22(16-6-3-2-4-7-16)23(30)27-19-12-10-17(24)11-13-19/h2-14,22H,15H2,1H3,(H,26,29)(H,27,30)/p+1/t22-/m0/s1. The van der Waals surface area contributed by atoms with Crippen molar-refractivity contribution in [3.05, 3.63) is 96.1 Å². The van der Waals surface area contributed by atoms with Crippen LogP contribution < -0.4 is 15.5 Å². The monoisotopic (exact) mass is 410 g/mol. The van der Waals surface area contributed by atoms with Crippen LogP contribution in [0.25, 0.3) is 0 Å². The summed E-state index contributed by atoms with van der Waals surface area (Å²) in [5.74, 6) is -1.53. The molecule has 5 nitrogen and oxygen atoms in total. The smallest absolute Gasteiger partial charge is 0.287 e. The fraction of sp³-hybridized carbons (Fsp3) is 0.130. The Balaban J connectivity index is 1.75. The van der Waals surface area contributed by atoms with E-state index in [0.717, 1.165) is 5.56 Å². The highest BCUT2D eigenvalue weighted by Crippen LogP contribution is 2.14. The predicted molar refractivity (Wildman–Crippen MR) is 111 cm³/mol. The van der Waals surface area contributed by atoms with Gasteiger partial charge in [0.25, 0.3) is 11.8 Å². The number of anilines is 2. The molecule has 3 rings (SSSR count). The summed E-state index contributed by atoms with van der Waals surface area (Å²) in [7, 11) is 1.73. The van der Waals surface area contributed by atoms with Crippen molar-refractivity contribution in [2.24, 2.45) is 0 Å². The lowest BCUT2D eigenvalue weighted by molar-refractivity contribution is -0.893. The molecule has 0 aromatic heterocycles. The van der Waals surface area contributed by atoms with E-state index in [1.165, 1.54) is 42.5 Å². The van der Waals surface area contributed by atoms with Gasteiger partial charge in [0, 0.05) is 16.9 Å². The van der Waals surface area contributed by atoms with Crippen molar-refractivity contribution in [1.29, 1.82) is 0 Å². The Morgan fingerprint density at radius 3 is 2.20 bits per heavy atom. The van der Waals surface area contributed by atoms with Gasteiger partial charge in [0.2, 0.25) is 0 Å². The van der Waals surface area contributed by atoms with E-state index in [9.17, 15) is 18.4 Å². The molecule has 0 saturated carbocycles. The zero-order valence-corrected chi connectivity index (χ0v) is 16.4. The molecule has 0 aliphatic carbocycles.